The Morgan fingerprint density at radius 3 is 2.19 bits per heavy atom. The summed E-state index contributed by atoms with van der Waals surface area (Å²) in [6.07, 6.45) is 3.85. The molecule has 0 radical (unpaired) electrons. The molecule has 2 atom stereocenters. The van der Waals surface area contributed by atoms with Crippen molar-refractivity contribution in [1.82, 2.24) is 5.32 Å². The molecule has 98 valence electrons. The normalized spacial score (nSPS) is 16.1. The molecule has 16 heavy (non-hydrogen) atoms. The van der Waals surface area contributed by atoms with E-state index in [1.807, 2.05) is 0 Å². The summed E-state index contributed by atoms with van der Waals surface area (Å²) in [4.78, 5) is 0. The molecule has 0 saturated carbocycles. The van der Waals surface area contributed by atoms with E-state index in [1.54, 1.807) is 7.11 Å². The maximum atomic E-state index is 5.12. The van der Waals surface area contributed by atoms with E-state index in [1.165, 1.54) is 19.3 Å². The molecule has 0 aliphatic rings. The van der Waals surface area contributed by atoms with E-state index in [2.05, 4.69) is 39.9 Å². The molecule has 1 N–H and O–H groups in total. The molecule has 0 heterocycles. The topological polar surface area (TPSA) is 21.3 Å². The first-order valence-electron chi connectivity index (χ1n) is 6.69. The van der Waals surface area contributed by atoms with Crippen LogP contribution in [0.15, 0.2) is 0 Å². The van der Waals surface area contributed by atoms with Crippen molar-refractivity contribution in [2.24, 2.45) is 11.3 Å². The average molecular weight is 229 g/mol. The monoisotopic (exact) mass is 229 g/mol. The van der Waals surface area contributed by atoms with Crippen LogP contribution in [-0.2, 0) is 4.74 Å². The number of nitrogens with one attached hydrogen (secondary N) is 1. The third-order valence-corrected chi connectivity index (χ3v) is 3.26. The Labute approximate surface area is 102 Å². The van der Waals surface area contributed by atoms with Crippen LogP contribution < -0.4 is 5.32 Å². The summed E-state index contributed by atoms with van der Waals surface area (Å²) in [6, 6.07) is 0.590. The summed E-state index contributed by atoms with van der Waals surface area (Å²) < 4.78 is 5.12. The van der Waals surface area contributed by atoms with Crippen LogP contribution in [0.3, 0.4) is 0 Å². The van der Waals surface area contributed by atoms with Gasteiger partial charge >= 0.3 is 0 Å². The van der Waals surface area contributed by atoms with Gasteiger partial charge in [-0.1, -0.05) is 47.5 Å². The molecule has 0 amide bonds. The summed E-state index contributed by atoms with van der Waals surface area (Å²) in [5.74, 6) is 0.779. The van der Waals surface area contributed by atoms with Crippen LogP contribution in [0.2, 0.25) is 0 Å². The number of methoxy groups -OCH3 is 1. The summed E-state index contributed by atoms with van der Waals surface area (Å²) in [5.41, 5.74) is 0.323. The molecule has 0 aromatic heterocycles. The second kappa shape index (κ2) is 8.08. The van der Waals surface area contributed by atoms with Crippen molar-refractivity contribution < 1.29 is 4.74 Å². The van der Waals surface area contributed by atoms with Crippen LogP contribution in [0, 0.1) is 11.3 Å². The van der Waals surface area contributed by atoms with Gasteiger partial charge in [0.1, 0.15) is 0 Å². The van der Waals surface area contributed by atoms with E-state index < -0.39 is 0 Å². The first-order chi connectivity index (χ1) is 7.47. The summed E-state index contributed by atoms with van der Waals surface area (Å²) in [6.45, 7) is 13.3. The molecule has 2 nitrogen and oxygen atoms in total. The van der Waals surface area contributed by atoms with Gasteiger partial charge in [-0.25, -0.2) is 0 Å². The quantitative estimate of drug-likeness (QED) is 0.644. The van der Waals surface area contributed by atoms with Crippen molar-refractivity contribution in [3.63, 3.8) is 0 Å². The Kier molecular flexibility index (Phi) is 8.04. The van der Waals surface area contributed by atoms with E-state index in [9.17, 15) is 0 Å². The van der Waals surface area contributed by atoms with Gasteiger partial charge in [0.05, 0.1) is 6.61 Å². The summed E-state index contributed by atoms with van der Waals surface area (Å²) >= 11 is 0. The number of hydrogen-bond acceptors (Lipinski definition) is 2. The molecule has 0 aromatic rings. The zero-order valence-electron chi connectivity index (χ0n) is 12.1. The van der Waals surface area contributed by atoms with Gasteiger partial charge in [-0.3, -0.25) is 0 Å². The van der Waals surface area contributed by atoms with Crippen molar-refractivity contribution in [2.45, 2.75) is 59.9 Å². The Bertz CT molecular complexity index is 163. The van der Waals surface area contributed by atoms with Crippen LogP contribution in [0.1, 0.15) is 53.9 Å². The SMILES string of the molecule is CCCC(CC)C(NCCOC)C(C)(C)C. The number of hydrogen-bond donors (Lipinski definition) is 1. The molecular formula is C14H31NO. The molecule has 0 aliphatic heterocycles. The fourth-order valence-corrected chi connectivity index (χ4v) is 2.47. The van der Waals surface area contributed by atoms with Crippen LogP contribution in [0.25, 0.3) is 0 Å². The molecule has 0 bridgehead atoms. The predicted molar refractivity (Wildman–Crippen MR) is 71.8 cm³/mol. The second-order valence-electron chi connectivity index (χ2n) is 5.75. The van der Waals surface area contributed by atoms with Gasteiger partial charge in [-0.15, -0.1) is 0 Å². The van der Waals surface area contributed by atoms with Gasteiger partial charge in [0.15, 0.2) is 0 Å². The van der Waals surface area contributed by atoms with Gasteiger partial charge in [0.2, 0.25) is 0 Å². The lowest BCUT2D eigenvalue weighted by atomic mass is 9.76. The molecule has 2 unspecified atom stereocenters. The van der Waals surface area contributed by atoms with Gasteiger partial charge in [0.25, 0.3) is 0 Å². The van der Waals surface area contributed by atoms with E-state index >= 15 is 0 Å². The largest absolute Gasteiger partial charge is 0.383 e. The first kappa shape index (κ1) is 15.9. The van der Waals surface area contributed by atoms with Crippen molar-refractivity contribution in [3.05, 3.63) is 0 Å². The summed E-state index contributed by atoms with van der Waals surface area (Å²) in [5, 5.41) is 3.67. The summed E-state index contributed by atoms with van der Waals surface area (Å²) in [7, 11) is 1.76. The zero-order chi connectivity index (χ0) is 12.6. The lowest BCUT2D eigenvalue weighted by molar-refractivity contribution is 0.149. The highest BCUT2D eigenvalue weighted by Gasteiger charge is 2.29. The fraction of sp³-hybridized carbons (Fsp3) is 1.00. The third-order valence-electron chi connectivity index (χ3n) is 3.26. The standard InChI is InChI=1S/C14H31NO/c1-7-9-12(8-2)13(14(3,4)5)15-10-11-16-6/h12-13,15H,7-11H2,1-6H3. The van der Waals surface area contributed by atoms with Crippen LogP contribution in [0.4, 0.5) is 0 Å². The molecule has 2 heteroatoms. The highest BCUT2D eigenvalue weighted by molar-refractivity contribution is 4.86. The van der Waals surface area contributed by atoms with Crippen molar-refractivity contribution >= 4 is 0 Å². The van der Waals surface area contributed by atoms with E-state index in [0.29, 0.717) is 11.5 Å². The fourth-order valence-electron chi connectivity index (χ4n) is 2.47. The van der Waals surface area contributed by atoms with Gasteiger partial charge < -0.3 is 10.1 Å². The average Bonchev–Trinajstić information content (AvgIpc) is 2.20. The van der Waals surface area contributed by atoms with E-state index in [4.69, 9.17) is 4.74 Å². The van der Waals surface area contributed by atoms with Gasteiger partial charge in [-0.2, -0.15) is 0 Å². The molecule has 0 rings (SSSR count). The van der Waals surface area contributed by atoms with Gasteiger partial charge in [0, 0.05) is 19.7 Å². The number of rotatable bonds is 8. The minimum absolute atomic E-state index is 0.323. The van der Waals surface area contributed by atoms with Gasteiger partial charge in [-0.05, 0) is 17.8 Å². The van der Waals surface area contributed by atoms with Crippen molar-refractivity contribution in [3.8, 4) is 0 Å². The first-order valence-corrected chi connectivity index (χ1v) is 6.69. The zero-order valence-corrected chi connectivity index (χ0v) is 12.1. The smallest absolute Gasteiger partial charge is 0.0587 e. The molecule has 0 fully saturated rings. The van der Waals surface area contributed by atoms with Crippen LogP contribution in [-0.4, -0.2) is 26.3 Å². The lowest BCUT2D eigenvalue weighted by Gasteiger charge is -2.37. The van der Waals surface area contributed by atoms with Crippen molar-refractivity contribution in [2.75, 3.05) is 20.3 Å². The van der Waals surface area contributed by atoms with E-state index in [-0.39, 0.29) is 0 Å². The minimum atomic E-state index is 0.323. The molecular weight excluding hydrogens is 198 g/mol. The van der Waals surface area contributed by atoms with Crippen molar-refractivity contribution in [1.29, 1.82) is 0 Å². The second-order valence-corrected chi connectivity index (χ2v) is 5.75. The molecule has 0 saturated heterocycles. The lowest BCUT2D eigenvalue weighted by Crippen LogP contribution is -2.46. The Balaban J connectivity index is 4.39. The van der Waals surface area contributed by atoms with E-state index in [0.717, 1.165) is 19.1 Å². The maximum Gasteiger partial charge on any atom is 0.0587 e. The predicted octanol–water partition coefficient (Wildman–Crippen LogP) is 3.46. The Morgan fingerprint density at radius 1 is 1.19 bits per heavy atom. The van der Waals surface area contributed by atoms with Crippen LogP contribution >= 0.6 is 0 Å². The Morgan fingerprint density at radius 2 is 1.81 bits per heavy atom. The maximum absolute atomic E-state index is 5.12. The number of ether oxygens (including phenoxy) is 1. The minimum Gasteiger partial charge on any atom is -0.383 e. The van der Waals surface area contributed by atoms with Crippen LogP contribution in [0.5, 0.6) is 0 Å². The third kappa shape index (κ3) is 5.86. The molecule has 0 aromatic carbocycles. The molecule has 0 aliphatic carbocycles. The molecule has 0 spiro atoms. The Hall–Kier alpha value is -0.0800. The highest BCUT2D eigenvalue weighted by atomic mass is 16.5. The highest BCUT2D eigenvalue weighted by Crippen LogP contribution is 2.29.